The normalized spacial score (nSPS) is 11.3. The minimum atomic E-state index is -0.681. The van der Waals surface area contributed by atoms with Crippen LogP contribution in [0.15, 0.2) is 66.8 Å². The molecular weight excluding hydrogens is 528 g/mol. The average molecular weight is 579 g/mol. The number of aryl methyl sites for hydroxylation is 3. The van der Waals surface area contributed by atoms with Crippen molar-refractivity contribution in [1.29, 1.82) is 0 Å². The third-order valence-electron chi connectivity index (χ3n) is 8.10. The maximum absolute atomic E-state index is 12.2. The van der Waals surface area contributed by atoms with E-state index in [1.807, 2.05) is 6.92 Å². The summed E-state index contributed by atoms with van der Waals surface area (Å²) in [5.41, 5.74) is 5.64. The number of esters is 2. The summed E-state index contributed by atoms with van der Waals surface area (Å²) in [6, 6.07) is 15.3. The van der Waals surface area contributed by atoms with Crippen LogP contribution >= 0.6 is 0 Å². The maximum atomic E-state index is 12.2. The third kappa shape index (κ3) is 10.9. The fourth-order valence-electron chi connectivity index (χ4n) is 4.91. The fourth-order valence-corrected chi connectivity index (χ4v) is 4.91. The first kappa shape index (κ1) is 35.0. The van der Waals surface area contributed by atoms with E-state index in [-0.39, 0.29) is 24.4 Å². The molecule has 2 N–H and O–H groups in total. The van der Waals surface area contributed by atoms with Gasteiger partial charge in [0.15, 0.2) is 0 Å². The fraction of sp³-hybridized carbons (Fsp3) is 0.500. The Bertz CT molecular complexity index is 1130. The molecule has 6 heteroatoms. The smallest absolute Gasteiger partial charge is 0.335 e. The van der Waals surface area contributed by atoms with Crippen molar-refractivity contribution in [3.05, 3.63) is 83.5 Å². The quantitative estimate of drug-likeness (QED) is 0.100. The van der Waals surface area contributed by atoms with Crippen molar-refractivity contribution in [2.24, 2.45) is 5.41 Å². The summed E-state index contributed by atoms with van der Waals surface area (Å²) in [6.45, 7) is 12.5. The lowest BCUT2D eigenvalue weighted by molar-refractivity contribution is -0.150. The lowest BCUT2D eigenvalue weighted by Gasteiger charge is -2.32. The summed E-state index contributed by atoms with van der Waals surface area (Å²) in [5, 5.41) is 18.4. The Morgan fingerprint density at radius 1 is 0.738 bits per heavy atom. The molecule has 0 spiro atoms. The molecule has 0 radical (unpaired) electrons. The Morgan fingerprint density at radius 2 is 1.31 bits per heavy atom. The molecule has 6 nitrogen and oxygen atoms in total. The maximum Gasteiger partial charge on any atom is 0.335 e. The van der Waals surface area contributed by atoms with Crippen molar-refractivity contribution >= 4 is 11.9 Å². The van der Waals surface area contributed by atoms with E-state index >= 15 is 0 Å². The van der Waals surface area contributed by atoms with Crippen molar-refractivity contribution in [3.8, 4) is 11.1 Å². The van der Waals surface area contributed by atoms with E-state index in [2.05, 4.69) is 69.5 Å². The molecule has 2 rings (SSSR count). The zero-order chi connectivity index (χ0) is 31.0. The van der Waals surface area contributed by atoms with E-state index in [9.17, 15) is 19.8 Å². The van der Waals surface area contributed by atoms with Gasteiger partial charge in [-0.2, -0.15) is 0 Å². The molecule has 42 heavy (non-hydrogen) atoms. The van der Waals surface area contributed by atoms with Crippen LogP contribution in [-0.2, 0) is 38.3 Å². The summed E-state index contributed by atoms with van der Waals surface area (Å²) < 4.78 is 10.9. The zero-order valence-corrected chi connectivity index (χ0v) is 25.9. The minimum Gasteiger partial charge on any atom is -0.462 e. The van der Waals surface area contributed by atoms with E-state index in [4.69, 9.17) is 9.47 Å². The second-order valence-electron chi connectivity index (χ2n) is 11.2. The molecule has 230 valence electrons. The van der Waals surface area contributed by atoms with Gasteiger partial charge in [-0.3, -0.25) is 0 Å². The molecule has 0 bridgehead atoms. The first-order valence-corrected chi connectivity index (χ1v) is 15.3. The first-order valence-electron chi connectivity index (χ1n) is 15.3. The number of benzene rings is 2. The van der Waals surface area contributed by atoms with Gasteiger partial charge >= 0.3 is 11.9 Å². The van der Waals surface area contributed by atoms with E-state index in [1.165, 1.54) is 48.8 Å². The second-order valence-corrected chi connectivity index (χ2v) is 11.2. The van der Waals surface area contributed by atoms with Gasteiger partial charge in [-0.25, -0.2) is 9.59 Å². The van der Waals surface area contributed by atoms with Gasteiger partial charge in [-0.15, -0.1) is 0 Å². The Kier molecular flexibility index (Phi) is 15.3. The van der Waals surface area contributed by atoms with Gasteiger partial charge in [0.05, 0.1) is 24.4 Å². The average Bonchev–Trinajstić information content (AvgIpc) is 3.03. The highest BCUT2D eigenvalue weighted by atomic mass is 16.5. The molecule has 0 aromatic heterocycles. The highest BCUT2D eigenvalue weighted by molar-refractivity contribution is 5.88. The van der Waals surface area contributed by atoms with Gasteiger partial charge in [-0.05, 0) is 66.3 Å². The van der Waals surface area contributed by atoms with Crippen molar-refractivity contribution < 1.29 is 29.3 Å². The standard InChI is InChI=1S/C36H50O6/c1-6-9-10-11-12-13-31-18-19-33(22-30(31)7-2)32-16-14-29(15-17-32)20-21-36(8-3,25-41-34(39)27(4)23-37)26-42-35(40)28(5)24-38/h14-19,22,37-38H,4-13,20-21,23-26H2,1-3H3. The van der Waals surface area contributed by atoms with Gasteiger partial charge in [-0.1, -0.05) is 102 Å². The van der Waals surface area contributed by atoms with Gasteiger partial charge < -0.3 is 19.7 Å². The highest BCUT2D eigenvalue weighted by Gasteiger charge is 2.32. The van der Waals surface area contributed by atoms with Crippen molar-refractivity contribution in [1.82, 2.24) is 0 Å². The molecule has 0 aliphatic carbocycles. The number of ether oxygens (including phenoxy) is 2. The Balaban J connectivity index is 2.12. The SMILES string of the molecule is C=C(CO)C(=O)OCC(CC)(CCc1ccc(-c2ccc(CCCCCCC)c(CC)c2)cc1)COC(=O)C(=C)CO. The Labute approximate surface area is 252 Å². The number of carbonyl (C=O) groups is 2. The molecule has 0 saturated heterocycles. The van der Waals surface area contributed by atoms with Crippen LogP contribution < -0.4 is 0 Å². The van der Waals surface area contributed by atoms with E-state index < -0.39 is 30.6 Å². The van der Waals surface area contributed by atoms with Gasteiger partial charge in [0.25, 0.3) is 0 Å². The number of hydrogen-bond donors (Lipinski definition) is 2. The molecule has 0 aliphatic heterocycles. The number of rotatable bonds is 20. The van der Waals surface area contributed by atoms with Gasteiger partial charge in [0, 0.05) is 5.41 Å². The molecule has 0 atom stereocenters. The van der Waals surface area contributed by atoms with Crippen molar-refractivity contribution in [2.75, 3.05) is 26.4 Å². The van der Waals surface area contributed by atoms with Crippen LogP contribution in [0.5, 0.6) is 0 Å². The molecule has 0 amide bonds. The molecular formula is C36H50O6. The second kappa shape index (κ2) is 18.3. The summed E-state index contributed by atoms with van der Waals surface area (Å²) in [5.74, 6) is -1.36. The predicted molar refractivity (Wildman–Crippen MR) is 169 cm³/mol. The topological polar surface area (TPSA) is 93.1 Å². The molecule has 2 aromatic rings. The van der Waals surface area contributed by atoms with E-state index in [1.54, 1.807) is 0 Å². The largest absolute Gasteiger partial charge is 0.462 e. The van der Waals surface area contributed by atoms with Crippen LogP contribution in [0.25, 0.3) is 11.1 Å². The van der Waals surface area contributed by atoms with E-state index in [0.29, 0.717) is 19.3 Å². The predicted octanol–water partition coefficient (Wildman–Crippen LogP) is 6.94. The van der Waals surface area contributed by atoms with E-state index in [0.717, 1.165) is 24.0 Å². The number of carbonyl (C=O) groups excluding carboxylic acids is 2. The number of aliphatic hydroxyl groups excluding tert-OH is 2. The van der Waals surface area contributed by atoms with Crippen LogP contribution in [0.4, 0.5) is 0 Å². The molecule has 0 aliphatic rings. The first-order chi connectivity index (χ1) is 20.2. The monoisotopic (exact) mass is 578 g/mol. The summed E-state index contributed by atoms with van der Waals surface area (Å²) in [4.78, 5) is 24.4. The van der Waals surface area contributed by atoms with Crippen molar-refractivity contribution in [3.63, 3.8) is 0 Å². The molecule has 0 saturated carbocycles. The Morgan fingerprint density at radius 3 is 1.83 bits per heavy atom. The van der Waals surface area contributed by atoms with Crippen LogP contribution in [0.3, 0.4) is 0 Å². The summed E-state index contributed by atoms with van der Waals surface area (Å²) in [6.07, 6.45) is 10.4. The van der Waals surface area contributed by atoms with Crippen LogP contribution in [0.2, 0.25) is 0 Å². The lowest BCUT2D eigenvalue weighted by atomic mass is 9.81. The minimum absolute atomic E-state index is 0.00304. The number of unbranched alkanes of at least 4 members (excludes halogenated alkanes) is 4. The zero-order valence-electron chi connectivity index (χ0n) is 25.9. The van der Waals surface area contributed by atoms with Crippen LogP contribution in [0.1, 0.15) is 82.4 Å². The molecule has 0 heterocycles. The Hall–Kier alpha value is -3.22. The third-order valence-corrected chi connectivity index (χ3v) is 8.10. The summed E-state index contributed by atoms with van der Waals surface area (Å²) >= 11 is 0. The molecule has 0 unspecified atom stereocenters. The van der Waals surface area contributed by atoms with Gasteiger partial charge in [0.1, 0.15) is 13.2 Å². The molecule has 2 aromatic carbocycles. The van der Waals surface area contributed by atoms with Gasteiger partial charge in [0.2, 0.25) is 0 Å². The summed E-state index contributed by atoms with van der Waals surface area (Å²) in [7, 11) is 0. The van der Waals surface area contributed by atoms with Crippen LogP contribution in [0, 0.1) is 5.41 Å². The molecule has 0 fully saturated rings. The lowest BCUT2D eigenvalue weighted by Crippen LogP contribution is -2.35. The highest BCUT2D eigenvalue weighted by Crippen LogP contribution is 2.31. The van der Waals surface area contributed by atoms with Crippen LogP contribution in [-0.4, -0.2) is 48.6 Å². The number of aliphatic hydroxyl groups is 2. The number of hydrogen-bond acceptors (Lipinski definition) is 6. The van der Waals surface area contributed by atoms with Crippen molar-refractivity contribution in [2.45, 2.75) is 85.0 Å².